The van der Waals surface area contributed by atoms with E-state index < -0.39 is 0 Å². The molecule has 1 aromatic heterocycles. The number of anilines is 1. The third kappa shape index (κ3) is 3.47. The molecule has 0 saturated heterocycles. The molecule has 0 fully saturated rings. The molecule has 2 aromatic rings. The van der Waals surface area contributed by atoms with Crippen molar-refractivity contribution in [2.45, 2.75) is 33.1 Å². The lowest BCUT2D eigenvalue weighted by Gasteiger charge is -2.09. The maximum Gasteiger partial charge on any atom is 0.220 e. The van der Waals surface area contributed by atoms with Gasteiger partial charge in [-0.05, 0) is 42.7 Å². The molecule has 0 aliphatic rings. The number of hydrogen-bond acceptors (Lipinski definition) is 4. The lowest BCUT2D eigenvalue weighted by molar-refractivity contribution is 0.317. The molecular formula is C16H21N3O. The highest BCUT2D eigenvalue weighted by Gasteiger charge is 2.08. The Labute approximate surface area is 120 Å². The van der Waals surface area contributed by atoms with E-state index in [0.717, 1.165) is 35.7 Å². The second-order valence-corrected chi connectivity index (χ2v) is 5.06. The first-order valence-electron chi connectivity index (χ1n) is 6.98. The van der Waals surface area contributed by atoms with Gasteiger partial charge in [-0.25, -0.2) is 9.97 Å². The van der Waals surface area contributed by atoms with Crippen LogP contribution in [0.2, 0.25) is 0 Å². The number of ether oxygens (including phenoxy) is 1. The number of nitrogens with two attached hydrogens (primary N) is 1. The van der Waals surface area contributed by atoms with E-state index in [1.165, 1.54) is 0 Å². The van der Waals surface area contributed by atoms with Crippen LogP contribution < -0.4 is 10.5 Å². The van der Waals surface area contributed by atoms with Gasteiger partial charge in [-0.15, -0.1) is 0 Å². The Kier molecular flexibility index (Phi) is 4.56. The largest absolute Gasteiger partial charge is 0.494 e. The van der Waals surface area contributed by atoms with Gasteiger partial charge in [0, 0.05) is 11.3 Å². The number of rotatable bonds is 5. The zero-order valence-corrected chi connectivity index (χ0v) is 12.3. The van der Waals surface area contributed by atoms with Crippen molar-refractivity contribution in [2.75, 3.05) is 12.3 Å². The van der Waals surface area contributed by atoms with Crippen molar-refractivity contribution in [3.63, 3.8) is 0 Å². The van der Waals surface area contributed by atoms with Crippen molar-refractivity contribution >= 4 is 5.95 Å². The molecule has 0 unspecified atom stereocenters. The highest BCUT2D eigenvalue weighted by atomic mass is 16.5. The molecular weight excluding hydrogens is 250 g/mol. The van der Waals surface area contributed by atoms with Crippen molar-refractivity contribution in [3.05, 3.63) is 36.0 Å². The third-order valence-electron chi connectivity index (χ3n) is 2.98. The van der Waals surface area contributed by atoms with Gasteiger partial charge in [0.15, 0.2) is 0 Å². The quantitative estimate of drug-likeness (QED) is 0.902. The normalized spacial score (nSPS) is 10.8. The topological polar surface area (TPSA) is 61.0 Å². The third-order valence-corrected chi connectivity index (χ3v) is 2.98. The molecule has 0 amide bonds. The Balaban J connectivity index is 2.27. The summed E-state index contributed by atoms with van der Waals surface area (Å²) in [5.74, 6) is 1.52. The van der Waals surface area contributed by atoms with E-state index in [1.807, 2.05) is 30.3 Å². The summed E-state index contributed by atoms with van der Waals surface area (Å²) < 4.78 is 5.57. The first kappa shape index (κ1) is 14.3. The summed E-state index contributed by atoms with van der Waals surface area (Å²) in [5.41, 5.74) is 8.61. The lowest BCUT2D eigenvalue weighted by Crippen LogP contribution is -2.02. The smallest absolute Gasteiger partial charge is 0.220 e. The van der Waals surface area contributed by atoms with Crippen LogP contribution in [0.3, 0.4) is 0 Å². The summed E-state index contributed by atoms with van der Waals surface area (Å²) in [6.45, 7) is 7.00. The van der Waals surface area contributed by atoms with Crippen LogP contribution in [0.5, 0.6) is 5.75 Å². The lowest BCUT2D eigenvalue weighted by atomic mass is 10.1. The summed E-state index contributed by atoms with van der Waals surface area (Å²) in [5, 5.41) is 0. The first-order chi connectivity index (χ1) is 9.60. The molecule has 0 radical (unpaired) electrons. The van der Waals surface area contributed by atoms with Gasteiger partial charge in [0.05, 0.1) is 12.3 Å². The molecule has 1 heterocycles. The molecule has 4 heteroatoms. The number of benzene rings is 1. The average molecular weight is 271 g/mol. The minimum atomic E-state index is 0.317. The van der Waals surface area contributed by atoms with Crippen LogP contribution in [-0.2, 0) is 0 Å². The van der Waals surface area contributed by atoms with Crippen LogP contribution in [0.1, 0.15) is 38.8 Å². The standard InChI is InChI=1S/C16H21N3O/c1-4-9-20-13-7-5-12(6-8-13)15-10-14(11(2)3)18-16(17)19-15/h5-8,10-11H,4,9H2,1-3H3,(H2,17,18,19). The summed E-state index contributed by atoms with van der Waals surface area (Å²) >= 11 is 0. The van der Waals surface area contributed by atoms with Crippen molar-refractivity contribution in [1.29, 1.82) is 0 Å². The summed E-state index contributed by atoms with van der Waals surface area (Å²) in [6.07, 6.45) is 1.00. The predicted octanol–water partition coefficient (Wildman–Crippen LogP) is 3.64. The van der Waals surface area contributed by atoms with Crippen molar-refractivity contribution in [2.24, 2.45) is 0 Å². The molecule has 0 bridgehead atoms. The molecule has 20 heavy (non-hydrogen) atoms. The fraction of sp³-hybridized carbons (Fsp3) is 0.375. The van der Waals surface area contributed by atoms with Crippen molar-refractivity contribution in [3.8, 4) is 17.0 Å². The molecule has 1 aromatic carbocycles. The van der Waals surface area contributed by atoms with Gasteiger partial charge in [-0.3, -0.25) is 0 Å². The molecule has 0 atom stereocenters. The van der Waals surface area contributed by atoms with E-state index in [4.69, 9.17) is 10.5 Å². The van der Waals surface area contributed by atoms with E-state index in [0.29, 0.717) is 11.9 Å². The molecule has 4 nitrogen and oxygen atoms in total. The van der Waals surface area contributed by atoms with Crippen LogP contribution in [0, 0.1) is 0 Å². The fourth-order valence-corrected chi connectivity index (χ4v) is 1.87. The molecule has 0 saturated carbocycles. The van der Waals surface area contributed by atoms with Crippen LogP contribution in [0.4, 0.5) is 5.95 Å². The monoisotopic (exact) mass is 271 g/mol. The highest BCUT2D eigenvalue weighted by molar-refractivity contribution is 5.61. The van der Waals surface area contributed by atoms with E-state index >= 15 is 0 Å². The first-order valence-corrected chi connectivity index (χ1v) is 6.98. The second kappa shape index (κ2) is 6.37. The maximum absolute atomic E-state index is 5.78. The molecule has 2 N–H and O–H groups in total. The van der Waals surface area contributed by atoms with Gasteiger partial charge in [-0.1, -0.05) is 20.8 Å². The Bertz CT molecular complexity index is 564. The highest BCUT2D eigenvalue weighted by Crippen LogP contribution is 2.24. The molecule has 0 aliphatic heterocycles. The van der Waals surface area contributed by atoms with Gasteiger partial charge in [0.2, 0.25) is 5.95 Å². The van der Waals surface area contributed by atoms with Gasteiger partial charge in [-0.2, -0.15) is 0 Å². The van der Waals surface area contributed by atoms with Crippen LogP contribution in [0.25, 0.3) is 11.3 Å². The summed E-state index contributed by atoms with van der Waals surface area (Å²) in [4.78, 5) is 8.56. The zero-order valence-electron chi connectivity index (χ0n) is 12.3. The maximum atomic E-state index is 5.78. The number of nitrogens with zero attached hydrogens (tertiary/aromatic N) is 2. The van der Waals surface area contributed by atoms with E-state index in [2.05, 4.69) is 30.7 Å². The van der Waals surface area contributed by atoms with E-state index in [-0.39, 0.29) is 0 Å². The molecule has 0 aliphatic carbocycles. The van der Waals surface area contributed by atoms with Crippen LogP contribution >= 0.6 is 0 Å². The zero-order chi connectivity index (χ0) is 14.5. The minimum Gasteiger partial charge on any atom is -0.494 e. The van der Waals surface area contributed by atoms with E-state index in [1.54, 1.807) is 0 Å². The van der Waals surface area contributed by atoms with Crippen LogP contribution in [-0.4, -0.2) is 16.6 Å². The fourth-order valence-electron chi connectivity index (χ4n) is 1.87. The average Bonchev–Trinajstić information content (AvgIpc) is 2.45. The van der Waals surface area contributed by atoms with Gasteiger partial charge in [0.25, 0.3) is 0 Å². The Morgan fingerprint density at radius 3 is 2.45 bits per heavy atom. The number of aromatic nitrogens is 2. The second-order valence-electron chi connectivity index (χ2n) is 5.06. The van der Waals surface area contributed by atoms with Gasteiger partial charge >= 0.3 is 0 Å². The summed E-state index contributed by atoms with van der Waals surface area (Å²) in [6, 6.07) is 9.90. The molecule has 0 spiro atoms. The Hall–Kier alpha value is -2.10. The van der Waals surface area contributed by atoms with Gasteiger partial charge in [0.1, 0.15) is 5.75 Å². The predicted molar refractivity (Wildman–Crippen MR) is 81.8 cm³/mol. The van der Waals surface area contributed by atoms with Crippen molar-refractivity contribution in [1.82, 2.24) is 9.97 Å². The molecule has 106 valence electrons. The Morgan fingerprint density at radius 1 is 1.15 bits per heavy atom. The SMILES string of the molecule is CCCOc1ccc(-c2cc(C(C)C)nc(N)n2)cc1. The van der Waals surface area contributed by atoms with E-state index in [9.17, 15) is 0 Å². The van der Waals surface area contributed by atoms with Crippen LogP contribution in [0.15, 0.2) is 30.3 Å². The summed E-state index contributed by atoms with van der Waals surface area (Å²) in [7, 11) is 0. The number of hydrogen-bond donors (Lipinski definition) is 1. The number of nitrogen functional groups attached to an aromatic ring is 1. The molecule has 2 rings (SSSR count). The van der Waals surface area contributed by atoms with Crippen molar-refractivity contribution < 1.29 is 4.74 Å². The minimum absolute atomic E-state index is 0.317. The van der Waals surface area contributed by atoms with Gasteiger partial charge < -0.3 is 10.5 Å². The Morgan fingerprint density at radius 2 is 1.85 bits per heavy atom.